The second-order valence-electron chi connectivity index (χ2n) is 6.73. The third-order valence-corrected chi connectivity index (χ3v) is 4.79. The molecular formula is C23H26N3O+. The van der Waals surface area contributed by atoms with E-state index < -0.39 is 0 Å². The maximum absolute atomic E-state index is 9.38. The number of ether oxygens (including phenoxy) is 1. The van der Waals surface area contributed by atoms with E-state index in [1.54, 1.807) is 7.11 Å². The molecule has 0 fully saturated rings. The first kappa shape index (κ1) is 18.9. The van der Waals surface area contributed by atoms with Crippen LogP contribution in [0.4, 0.5) is 0 Å². The molecule has 0 aliphatic heterocycles. The summed E-state index contributed by atoms with van der Waals surface area (Å²) in [4.78, 5) is 1.38. The van der Waals surface area contributed by atoms with Crippen LogP contribution < -0.4 is 4.90 Å². The third-order valence-electron chi connectivity index (χ3n) is 4.79. The molecule has 0 aliphatic carbocycles. The lowest BCUT2D eigenvalue weighted by Gasteiger charge is -2.21. The molecule has 0 aliphatic rings. The predicted octanol–water partition coefficient (Wildman–Crippen LogP) is 2.64. The van der Waals surface area contributed by atoms with E-state index in [1.165, 1.54) is 16.2 Å². The second-order valence-corrected chi connectivity index (χ2v) is 6.73. The van der Waals surface area contributed by atoms with Crippen molar-refractivity contribution < 1.29 is 9.64 Å². The average Bonchev–Trinajstić information content (AvgIpc) is 3.14. The molecule has 3 rings (SSSR count). The summed E-state index contributed by atoms with van der Waals surface area (Å²) in [6.45, 7) is 4.16. The molecule has 138 valence electrons. The summed E-state index contributed by atoms with van der Waals surface area (Å²) in [6.07, 6.45) is 2.14. The Kier molecular flexibility index (Phi) is 6.81. The van der Waals surface area contributed by atoms with Gasteiger partial charge in [0.25, 0.3) is 0 Å². The van der Waals surface area contributed by atoms with Crippen molar-refractivity contribution in [2.24, 2.45) is 0 Å². The first-order chi connectivity index (χ1) is 13.3. The molecule has 2 aromatic carbocycles. The quantitative estimate of drug-likeness (QED) is 0.637. The highest BCUT2D eigenvalue weighted by Crippen LogP contribution is 2.08. The van der Waals surface area contributed by atoms with Crippen molar-refractivity contribution in [2.45, 2.75) is 19.6 Å². The van der Waals surface area contributed by atoms with Crippen LogP contribution in [0.25, 0.3) is 0 Å². The number of nitrogens with one attached hydrogen (secondary N) is 1. The number of quaternary nitrogens is 1. The maximum atomic E-state index is 9.38. The summed E-state index contributed by atoms with van der Waals surface area (Å²) in [5.41, 5.74) is 4.43. The molecule has 1 atom stereocenters. The minimum absolute atomic E-state index is 0.698. The van der Waals surface area contributed by atoms with Crippen molar-refractivity contribution in [1.29, 1.82) is 5.26 Å². The number of aromatic nitrogens is 1. The van der Waals surface area contributed by atoms with E-state index in [9.17, 15) is 5.26 Å². The largest absolute Gasteiger partial charge is 0.379 e. The van der Waals surface area contributed by atoms with Crippen LogP contribution in [-0.2, 0) is 24.4 Å². The van der Waals surface area contributed by atoms with E-state index in [0.717, 1.165) is 37.3 Å². The van der Waals surface area contributed by atoms with Crippen LogP contribution >= 0.6 is 0 Å². The lowest BCUT2D eigenvalue weighted by atomic mass is 10.1. The van der Waals surface area contributed by atoms with Crippen LogP contribution in [0, 0.1) is 11.3 Å². The second kappa shape index (κ2) is 9.72. The molecule has 1 unspecified atom stereocenters. The van der Waals surface area contributed by atoms with Gasteiger partial charge >= 0.3 is 0 Å². The van der Waals surface area contributed by atoms with Crippen LogP contribution in [0.5, 0.6) is 0 Å². The highest BCUT2D eigenvalue weighted by Gasteiger charge is 2.15. The zero-order chi connectivity index (χ0) is 18.9. The number of hydrogen-bond acceptors (Lipinski definition) is 2. The first-order valence-electron chi connectivity index (χ1n) is 9.28. The summed E-state index contributed by atoms with van der Waals surface area (Å²) in [5.74, 6) is 0. The van der Waals surface area contributed by atoms with Crippen molar-refractivity contribution in [3.8, 4) is 6.07 Å². The standard InChI is InChI=1S/C23H25N3O/c1-27-15-14-25(18-22-11-6-5-10-21(22)16-24)19-23-12-7-13-26(23)17-20-8-3-2-4-9-20/h2-13H,14-15,17-19H2,1H3/p+1. The van der Waals surface area contributed by atoms with Gasteiger partial charge in [0.05, 0.1) is 23.9 Å². The molecule has 0 bridgehead atoms. The lowest BCUT2D eigenvalue weighted by molar-refractivity contribution is -0.928. The zero-order valence-corrected chi connectivity index (χ0v) is 15.8. The number of benzene rings is 2. The van der Waals surface area contributed by atoms with Crippen molar-refractivity contribution in [3.05, 3.63) is 95.3 Å². The van der Waals surface area contributed by atoms with E-state index in [-0.39, 0.29) is 0 Å². The fraction of sp³-hybridized carbons (Fsp3) is 0.261. The monoisotopic (exact) mass is 360 g/mol. The summed E-state index contributed by atoms with van der Waals surface area (Å²) in [6, 6.07) is 25.0. The van der Waals surface area contributed by atoms with E-state index in [4.69, 9.17) is 4.74 Å². The number of rotatable bonds is 9. The Morgan fingerprint density at radius 1 is 0.963 bits per heavy atom. The van der Waals surface area contributed by atoms with Gasteiger partial charge in [-0.05, 0) is 23.8 Å². The molecule has 1 heterocycles. The normalized spacial score (nSPS) is 11.9. The van der Waals surface area contributed by atoms with E-state index in [2.05, 4.69) is 53.2 Å². The van der Waals surface area contributed by atoms with Crippen molar-refractivity contribution in [3.63, 3.8) is 0 Å². The van der Waals surface area contributed by atoms with Gasteiger partial charge in [-0.25, -0.2) is 0 Å². The highest BCUT2D eigenvalue weighted by molar-refractivity contribution is 5.36. The third kappa shape index (κ3) is 5.30. The molecule has 1 aromatic heterocycles. The number of methoxy groups -OCH3 is 1. The fourth-order valence-corrected chi connectivity index (χ4v) is 3.34. The molecule has 0 saturated carbocycles. The fourth-order valence-electron chi connectivity index (χ4n) is 3.34. The Hall–Kier alpha value is -2.87. The van der Waals surface area contributed by atoms with E-state index >= 15 is 0 Å². The van der Waals surface area contributed by atoms with E-state index in [1.807, 2.05) is 30.3 Å². The zero-order valence-electron chi connectivity index (χ0n) is 15.8. The smallest absolute Gasteiger partial charge is 0.118 e. The number of nitrogens with zero attached hydrogens (tertiary/aromatic N) is 2. The van der Waals surface area contributed by atoms with Gasteiger partial charge in [0.1, 0.15) is 19.6 Å². The van der Waals surface area contributed by atoms with Gasteiger partial charge in [-0.3, -0.25) is 0 Å². The molecule has 0 radical (unpaired) electrons. The average molecular weight is 360 g/mol. The number of hydrogen-bond donors (Lipinski definition) is 1. The molecule has 0 spiro atoms. The van der Waals surface area contributed by atoms with Crippen LogP contribution in [0.2, 0.25) is 0 Å². The van der Waals surface area contributed by atoms with Gasteiger partial charge in [-0.15, -0.1) is 0 Å². The Morgan fingerprint density at radius 3 is 2.52 bits per heavy atom. The number of nitriles is 1. The SMILES string of the molecule is COCC[NH+](Cc1ccccc1C#N)Cc1cccn1Cc1ccccc1. The molecule has 0 saturated heterocycles. The Bertz CT molecular complexity index is 880. The maximum Gasteiger partial charge on any atom is 0.118 e. The van der Waals surface area contributed by atoms with Crippen molar-refractivity contribution in [2.75, 3.05) is 20.3 Å². The Morgan fingerprint density at radius 2 is 1.74 bits per heavy atom. The van der Waals surface area contributed by atoms with Crippen LogP contribution in [0.1, 0.15) is 22.4 Å². The van der Waals surface area contributed by atoms with Crippen molar-refractivity contribution >= 4 is 0 Å². The summed E-state index contributed by atoms with van der Waals surface area (Å²) < 4.78 is 7.62. The van der Waals surface area contributed by atoms with Gasteiger partial charge in [0.2, 0.25) is 0 Å². The van der Waals surface area contributed by atoms with Gasteiger partial charge in [0.15, 0.2) is 0 Å². The Balaban J connectivity index is 1.75. The van der Waals surface area contributed by atoms with Crippen molar-refractivity contribution in [1.82, 2.24) is 4.57 Å². The van der Waals surface area contributed by atoms with E-state index in [0.29, 0.717) is 6.61 Å². The Labute approximate surface area is 161 Å². The molecule has 27 heavy (non-hydrogen) atoms. The van der Waals surface area contributed by atoms with Gasteiger partial charge < -0.3 is 14.2 Å². The molecule has 4 nitrogen and oxygen atoms in total. The lowest BCUT2D eigenvalue weighted by Crippen LogP contribution is -3.10. The first-order valence-corrected chi connectivity index (χ1v) is 9.28. The summed E-state index contributed by atoms with van der Waals surface area (Å²) in [5, 5.41) is 9.38. The van der Waals surface area contributed by atoms with Gasteiger partial charge in [0, 0.05) is 25.4 Å². The van der Waals surface area contributed by atoms with Crippen LogP contribution in [0.3, 0.4) is 0 Å². The van der Waals surface area contributed by atoms with Crippen LogP contribution in [-0.4, -0.2) is 24.8 Å². The molecule has 0 amide bonds. The molecular weight excluding hydrogens is 334 g/mol. The molecule has 3 aromatic rings. The topological polar surface area (TPSA) is 42.4 Å². The van der Waals surface area contributed by atoms with Gasteiger partial charge in [-0.2, -0.15) is 5.26 Å². The van der Waals surface area contributed by atoms with Crippen LogP contribution in [0.15, 0.2) is 72.9 Å². The summed E-state index contributed by atoms with van der Waals surface area (Å²) >= 11 is 0. The minimum atomic E-state index is 0.698. The molecule has 4 heteroatoms. The minimum Gasteiger partial charge on any atom is -0.379 e. The summed E-state index contributed by atoms with van der Waals surface area (Å²) in [7, 11) is 1.74. The van der Waals surface area contributed by atoms with Gasteiger partial charge in [-0.1, -0.05) is 48.5 Å². The highest BCUT2D eigenvalue weighted by atomic mass is 16.5. The predicted molar refractivity (Wildman–Crippen MR) is 106 cm³/mol. The molecule has 1 N–H and O–H groups in total.